The van der Waals surface area contributed by atoms with Gasteiger partial charge in [0, 0.05) is 68.5 Å². The van der Waals surface area contributed by atoms with E-state index in [4.69, 9.17) is 20.4 Å². The van der Waals surface area contributed by atoms with Gasteiger partial charge in [0.05, 0.1) is 30.4 Å². The molecule has 12 heteroatoms. The third kappa shape index (κ3) is 5.09. The molecular weight excluding hydrogens is 492 g/mol. The number of hydrogen-bond donors (Lipinski definition) is 1. The van der Waals surface area contributed by atoms with Crippen molar-refractivity contribution in [2.45, 2.75) is 13.0 Å². The third-order valence-electron chi connectivity index (χ3n) is 7.14. The number of fused-ring (bicyclic) bond motifs is 1. The Morgan fingerprint density at radius 3 is 2.32 bits per heavy atom. The number of anilines is 4. The summed E-state index contributed by atoms with van der Waals surface area (Å²) in [5.41, 5.74) is 10.7. The third-order valence-corrected chi connectivity index (χ3v) is 8.75. The van der Waals surface area contributed by atoms with Crippen molar-refractivity contribution in [2.75, 3.05) is 73.0 Å². The predicted molar refractivity (Wildman–Crippen MR) is 142 cm³/mol. The second-order valence-electron chi connectivity index (χ2n) is 9.60. The van der Waals surface area contributed by atoms with Crippen molar-refractivity contribution in [2.24, 2.45) is 0 Å². The first-order chi connectivity index (χ1) is 17.9. The highest BCUT2D eigenvalue weighted by atomic mass is 32.2. The smallest absolute Gasteiger partial charge is 0.228 e. The minimum Gasteiger partial charge on any atom is -0.378 e. The number of hydrogen-bond acceptors (Lipinski definition) is 11. The molecule has 0 atom stereocenters. The van der Waals surface area contributed by atoms with Crippen molar-refractivity contribution < 1.29 is 13.2 Å². The topological polar surface area (TPSA) is 131 Å². The molecule has 11 nitrogen and oxygen atoms in total. The van der Waals surface area contributed by atoms with Crippen LogP contribution in [0.3, 0.4) is 0 Å². The fourth-order valence-corrected chi connectivity index (χ4v) is 6.32. The molecule has 37 heavy (non-hydrogen) atoms. The minimum atomic E-state index is -2.88. The van der Waals surface area contributed by atoms with E-state index in [1.54, 1.807) is 12.4 Å². The van der Waals surface area contributed by atoms with Gasteiger partial charge < -0.3 is 20.3 Å². The van der Waals surface area contributed by atoms with E-state index in [9.17, 15) is 8.42 Å². The molecule has 6 rings (SSSR count). The summed E-state index contributed by atoms with van der Waals surface area (Å²) < 4.78 is 29.0. The highest BCUT2D eigenvalue weighted by molar-refractivity contribution is 7.91. The van der Waals surface area contributed by atoms with Gasteiger partial charge in [-0.1, -0.05) is 12.1 Å². The summed E-state index contributed by atoms with van der Waals surface area (Å²) >= 11 is 0. The molecule has 0 aliphatic carbocycles. The molecule has 2 fully saturated rings. The average molecular weight is 523 g/mol. The van der Waals surface area contributed by atoms with Crippen LogP contribution in [0.15, 0.2) is 36.7 Å². The van der Waals surface area contributed by atoms with E-state index in [2.05, 4.69) is 48.9 Å². The lowest BCUT2D eigenvalue weighted by molar-refractivity contribution is 0.122. The molecule has 3 aromatic rings. The van der Waals surface area contributed by atoms with E-state index in [0.29, 0.717) is 32.3 Å². The summed E-state index contributed by atoms with van der Waals surface area (Å²) in [6, 6.07) is 8.48. The highest BCUT2D eigenvalue weighted by Gasteiger charge is 2.29. The second-order valence-corrected chi connectivity index (χ2v) is 11.9. The second kappa shape index (κ2) is 9.84. The number of rotatable bonds is 5. The largest absolute Gasteiger partial charge is 0.378 e. The SMILES string of the molecule is Nc1ncc(-c2nc(N3CCOCC3)nc3c2CCN3c2ccc(CN3CCS(=O)(=O)CC3)cc2)cn1. The van der Waals surface area contributed by atoms with Crippen LogP contribution in [-0.2, 0) is 27.5 Å². The Morgan fingerprint density at radius 2 is 1.62 bits per heavy atom. The molecule has 0 radical (unpaired) electrons. The van der Waals surface area contributed by atoms with Gasteiger partial charge in [-0.2, -0.15) is 4.98 Å². The lowest BCUT2D eigenvalue weighted by Crippen LogP contribution is -2.39. The van der Waals surface area contributed by atoms with Crippen molar-refractivity contribution in [1.29, 1.82) is 0 Å². The van der Waals surface area contributed by atoms with Crippen molar-refractivity contribution in [1.82, 2.24) is 24.8 Å². The van der Waals surface area contributed by atoms with Crippen LogP contribution in [0.5, 0.6) is 0 Å². The highest BCUT2D eigenvalue weighted by Crippen LogP contribution is 2.39. The molecule has 0 unspecified atom stereocenters. The Morgan fingerprint density at radius 1 is 0.919 bits per heavy atom. The minimum absolute atomic E-state index is 0.232. The van der Waals surface area contributed by atoms with Crippen LogP contribution in [0.25, 0.3) is 11.3 Å². The standard InChI is InChI=1S/C25H30N8O3S/c26-24-27-15-19(16-28-24)22-21-5-6-33(23(21)30-25(29-22)32-7-11-36-12-8-32)20-3-1-18(2-4-20)17-31-9-13-37(34,35)14-10-31/h1-4,15-16H,5-14,17H2,(H2,26,27,28). The summed E-state index contributed by atoms with van der Waals surface area (Å²) in [5.74, 6) is 2.29. The number of sulfone groups is 1. The molecular formula is C25H30N8O3S. The molecule has 2 saturated heterocycles. The van der Waals surface area contributed by atoms with Gasteiger partial charge in [-0.05, 0) is 24.1 Å². The molecule has 0 saturated carbocycles. The Kier molecular flexibility index (Phi) is 6.39. The van der Waals surface area contributed by atoms with Crippen LogP contribution in [0.4, 0.5) is 23.4 Å². The molecule has 5 heterocycles. The van der Waals surface area contributed by atoms with E-state index in [-0.39, 0.29) is 17.5 Å². The fraction of sp³-hybridized carbons (Fsp3) is 0.440. The van der Waals surface area contributed by atoms with Gasteiger partial charge in [-0.3, -0.25) is 4.90 Å². The van der Waals surface area contributed by atoms with Gasteiger partial charge >= 0.3 is 0 Å². The molecule has 2 aromatic heterocycles. The van der Waals surface area contributed by atoms with Crippen molar-refractivity contribution in [3.63, 3.8) is 0 Å². The first kappa shape index (κ1) is 24.0. The Hall–Kier alpha value is -3.35. The van der Waals surface area contributed by atoms with Gasteiger partial charge in [-0.25, -0.2) is 23.4 Å². The van der Waals surface area contributed by atoms with Crippen molar-refractivity contribution in [3.8, 4) is 11.3 Å². The quantitative estimate of drug-likeness (QED) is 0.520. The van der Waals surface area contributed by atoms with Crippen LogP contribution in [0.1, 0.15) is 11.1 Å². The molecule has 0 spiro atoms. The average Bonchev–Trinajstić information content (AvgIpc) is 3.35. The van der Waals surface area contributed by atoms with Gasteiger partial charge in [0.1, 0.15) is 5.82 Å². The molecule has 3 aliphatic rings. The lowest BCUT2D eigenvalue weighted by atomic mass is 10.1. The number of ether oxygens (including phenoxy) is 1. The van der Waals surface area contributed by atoms with Crippen LogP contribution in [0, 0.1) is 0 Å². The van der Waals surface area contributed by atoms with Crippen LogP contribution in [-0.4, -0.2) is 90.7 Å². The zero-order chi connectivity index (χ0) is 25.4. The van der Waals surface area contributed by atoms with Crippen molar-refractivity contribution in [3.05, 3.63) is 47.8 Å². The van der Waals surface area contributed by atoms with Gasteiger partial charge in [-0.15, -0.1) is 0 Å². The zero-order valence-electron chi connectivity index (χ0n) is 20.6. The number of benzene rings is 1. The summed E-state index contributed by atoms with van der Waals surface area (Å²) in [5, 5.41) is 0. The zero-order valence-corrected chi connectivity index (χ0v) is 21.4. The fourth-order valence-electron chi connectivity index (χ4n) is 5.05. The number of morpholine rings is 1. The Labute approximate surface area is 216 Å². The van der Waals surface area contributed by atoms with E-state index < -0.39 is 9.84 Å². The van der Waals surface area contributed by atoms with Crippen molar-refractivity contribution >= 4 is 33.2 Å². The maximum atomic E-state index is 11.7. The number of nitrogens with zero attached hydrogens (tertiary/aromatic N) is 7. The maximum absolute atomic E-state index is 11.7. The number of nitrogen functional groups attached to an aromatic ring is 1. The number of aromatic nitrogens is 4. The summed E-state index contributed by atoms with van der Waals surface area (Å²) in [7, 11) is -2.88. The summed E-state index contributed by atoms with van der Waals surface area (Å²) in [4.78, 5) is 24.9. The van der Waals surface area contributed by atoms with E-state index in [1.165, 1.54) is 5.56 Å². The molecule has 3 aliphatic heterocycles. The first-order valence-electron chi connectivity index (χ1n) is 12.6. The normalized spacial score (nSPS) is 19.7. The monoisotopic (exact) mass is 522 g/mol. The molecule has 0 bridgehead atoms. The van der Waals surface area contributed by atoms with Crippen LogP contribution in [0.2, 0.25) is 0 Å². The van der Waals surface area contributed by atoms with Gasteiger partial charge in [0.25, 0.3) is 0 Å². The van der Waals surface area contributed by atoms with Crippen LogP contribution >= 0.6 is 0 Å². The Balaban J connectivity index is 1.29. The van der Waals surface area contributed by atoms with E-state index >= 15 is 0 Å². The molecule has 2 N–H and O–H groups in total. The van der Waals surface area contributed by atoms with Crippen LogP contribution < -0.4 is 15.5 Å². The Bertz CT molecular complexity index is 1360. The molecule has 1 aromatic carbocycles. The maximum Gasteiger partial charge on any atom is 0.228 e. The summed E-state index contributed by atoms with van der Waals surface area (Å²) in [6.07, 6.45) is 4.25. The number of nitrogens with two attached hydrogens (primary N) is 1. The first-order valence-corrected chi connectivity index (χ1v) is 14.4. The van der Waals surface area contributed by atoms with Gasteiger partial charge in [0.15, 0.2) is 9.84 Å². The summed E-state index contributed by atoms with van der Waals surface area (Å²) in [6.45, 7) is 5.49. The molecule has 194 valence electrons. The predicted octanol–water partition coefficient (Wildman–Crippen LogP) is 1.28. The molecule has 0 amide bonds. The lowest BCUT2D eigenvalue weighted by Gasteiger charge is -2.28. The van der Waals surface area contributed by atoms with E-state index in [1.807, 2.05) is 0 Å². The van der Waals surface area contributed by atoms with Gasteiger partial charge in [0.2, 0.25) is 11.9 Å². The van der Waals surface area contributed by atoms with E-state index in [0.717, 1.165) is 60.9 Å².